The lowest BCUT2D eigenvalue weighted by Crippen LogP contribution is -2.38. The predicted molar refractivity (Wildman–Crippen MR) is 78.5 cm³/mol. The van der Waals surface area contributed by atoms with Crippen LogP contribution in [0.3, 0.4) is 0 Å². The zero-order valence-corrected chi connectivity index (χ0v) is 13.2. The molecule has 1 aliphatic rings. The van der Waals surface area contributed by atoms with Gasteiger partial charge in [0, 0.05) is 4.47 Å². The number of para-hydroxylation sites is 1. The molecule has 1 aromatic carbocycles. The summed E-state index contributed by atoms with van der Waals surface area (Å²) in [5, 5.41) is 0. The van der Waals surface area contributed by atoms with Crippen LogP contribution in [0.4, 0.5) is 5.69 Å². The minimum absolute atomic E-state index is 0.00193. The monoisotopic (exact) mass is 355 g/mol. The molecule has 0 radical (unpaired) electrons. The molecule has 112 valence electrons. The van der Waals surface area contributed by atoms with Crippen molar-refractivity contribution < 1.29 is 23.8 Å². The molecule has 6 nitrogen and oxygen atoms in total. The molecular formula is C14H14BrNO5. The summed E-state index contributed by atoms with van der Waals surface area (Å²) < 4.78 is 15.7. The second-order valence-electron chi connectivity index (χ2n) is 4.17. The molecule has 7 heteroatoms. The summed E-state index contributed by atoms with van der Waals surface area (Å²) in [6.07, 6.45) is 0. The Morgan fingerprint density at radius 1 is 1.19 bits per heavy atom. The van der Waals surface area contributed by atoms with Crippen LogP contribution in [-0.4, -0.2) is 39.5 Å². The van der Waals surface area contributed by atoms with E-state index in [0.29, 0.717) is 5.69 Å². The van der Waals surface area contributed by atoms with Crippen LogP contribution >= 0.6 is 15.9 Å². The summed E-state index contributed by atoms with van der Waals surface area (Å²) in [4.78, 5) is 25.5. The van der Waals surface area contributed by atoms with E-state index in [4.69, 9.17) is 14.2 Å². The number of rotatable bonds is 3. The van der Waals surface area contributed by atoms with E-state index in [0.717, 1.165) is 4.47 Å². The van der Waals surface area contributed by atoms with Crippen molar-refractivity contribution in [2.24, 2.45) is 0 Å². The second kappa shape index (κ2) is 6.73. The van der Waals surface area contributed by atoms with Crippen LogP contribution in [0, 0.1) is 0 Å². The van der Waals surface area contributed by atoms with Crippen molar-refractivity contribution in [3.05, 3.63) is 40.0 Å². The maximum atomic E-state index is 12.1. The average Bonchev–Trinajstić information content (AvgIpc) is 2.53. The maximum absolute atomic E-state index is 12.1. The van der Waals surface area contributed by atoms with Crippen molar-refractivity contribution in [2.75, 3.05) is 32.5 Å². The van der Waals surface area contributed by atoms with Gasteiger partial charge in [0.25, 0.3) is 0 Å². The van der Waals surface area contributed by atoms with Crippen molar-refractivity contribution in [2.45, 2.75) is 0 Å². The average molecular weight is 356 g/mol. The van der Waals surface area contributed by atoms with Gasteiger partial charge in [-0.05, 0) is 28.1 Å². The molecule has 0 aromatic heterocycles. The first kappa shape index (κ1) is 15.5. The molecule has 0 spiro atoms. The Kier molecular flexibility index (Phi) is 4.98. The van der Waals surface area contributed by atoms with Gasteiger partial charge in [-0.25, -0.2) is 9.59 Å². The molecule has 0 fully saturated rings. The Labute approximate surface area is 130 Å². The number of halogens is 1. The molecule has 0 bridgehead atoms. The highest BCUT2D eigenvalue weighted by atomic mass is 79.9. The number of anilines is 1. The zero-order valence-electron chi connectivity index (χ0n) is 11.6. The fraction of sp³-hybridized carbons (Fsp3) is 0.286. The van der Waals surface area contributed by atoms with Gasteiger partial charge in [0.2, 0.25) is 0 Å². The fourth-order valence-corrected chi connectivity index (χ4v) is 2.50. The van der Waals surface area contributed by atoms with Gasteiger partial charge in [0.15, 0.2) is 0 Å². The number of carbonyl (C=O) groups is 2. The van der Waals surface area contributed by atoms with Gasteiger partial charge in [-0.3, -0.25) is 0 Å². The molecule has 0 aliphatic carbocycles. The lowest BCUT2D eigenvalue weighted by Gasteiger charge is -2.31. The van der Waals surface area contributed by atoms with Gasteiger partial charge in [0.1, 0.15) is 12.4 Å². The number of carbonyl (C=O) groups excluding carboxylic acids is 2. The van der Waals surface area contributed by atoms with Crippen LogP contribution in [-0.2, 0) is 23.8 Å². The standard InChI is InChI=1S/C14H14BrNO5/c1-19-13(17)9-7-21-8-16(12(9)14(18)20-2)11-6-4-3-5-10(11)15/h3-6H,7-8H2,1-2H3. The van der Waals surface area contributed by atoms with Gasteiger partial charge >= 0.3 is 11.9 Å². The maximum Gasteiger partial charge on any atom is 0.355 e. The lowest BCUT2D eigenvalue weighted by atomic mass is 10.1. The quantitative estimate of drug-likeness (QED) is 0.771. The van der Waals surface area contributed by atoms with E-state index in [1.165, 1.54) is 14.2 Å². The van der Waals surface area contributed by atoms with E-state index in [1.807, 2.05) is 18.2 Å². The Bertz CT molecular complexity index is 599. The van der Waals surface area contributed by atoms with E-state index in [9.17, 15) is 9.59 Å². The highest BCUT2D eigenvalue weighted by molar-refractivity contribution is 9.10. The minimum Gasteiger partial charge on any atom is -0.466 e. The second-order valence-corrected chi connectivity index (χ2v) is 5.02. The van der Waals surface area contributed by atoms with Gasteiger partial charge in [-0.2, -0.15) is 0 Å². The van der Waals surface area contributed by atoms with Gasteiger partial charge in [-0.15, -0.1) is 0 Å². The number of esters is 2. The van der Waals surface area contributed by atoms with E-state index < -0.39 is 11.9 Å². The van der Waals surface area contributed by atoms with Crippen molar-refractivity contribution in [1.82, 2.24) is 0 Å². The molecule has 1 heterocycles. The Balaban J connectivity index is 2.56. The minimum atomic E-state index is -0.618. The van der Waals surface area contributed by atoms with E-state index in [1.54, 1.807) is 11.0 Å². The van der Waals surface area contributed by atoms with Crippen molar-refractivity contribution >= 4 is 33.6 Å². The van der Waals surface area contributed by atoms with E-state index >= 15 is 0 Å². The molecule has 1 aromatic rings. The molecule has 0 saturated heterocycles. The Hall–Kier alpha value is -1.86. The third kappa shape index (κ3) is 3.08. The molecule has 0 saturated carbocycles. The highest BCUT2D eigenvalue weighted by Crippen LogP contribution is 2.32. The predicted octanol–water partition coefficient (Wildman–Crippen LogP) is 1.84. The molecule has 1 aliphatic heterocycles. The number of ether oxygens (including phenoxy) is 3. The van der Waals surface area contributed by atoms with Crippen LogP contribution in [0.5, 0.6) is 0 Å². The number of benzene rings is 1. The highest BCUT2D eigenvalue weighted by Gasteiger charge is 2.32. The van der Waals surface area contributed by atoms with Gasteiger partial charge < -0.3 is 19.1 Å². The topological polar surface area (TPSA) is 65.1 Å². The first-order valence-corrected chi connectivity index (χ1v) is 6.89. The van der Waals surface area contributed by atoms with Crippen LogP contribution in [0.2, 0.25) is 0 Å². The fourth-order valence-electron chi connectivity index (χ4n) is 2.00. The first-order chi connectivity index (χ1) is 10.1. The van der Waals surface area contributed by atoms with E-state index in [2.05, 4.69) is 15.9 Å². The van der Waals surface area contributed by atoms with E-state index in [-0.39, 0.29) is 24.6 Å². The number of methoxy groups -OCH3 is 2. The molecule has 2 rings (SSSR count). The summed E-state index contributed by atoms with van der Waals surface area (Å²) >= 11 is 3.42. The summed E-state index contributed by atoms with van der Waals surface area (Å²) in [7, 11) is 2.51. The molecule has 0 amide bonds. The van der Waals surface area contributed by atoms with Gasteiger partial charge in [-0.1, -0.05) is 12.1 Å². The summed E-state index contributed by atoms with van der Waals surface area (Å²) in [5.74, 6) is -1.23. The number of hydrogen-bond acceptors (Lipinski definition) is 6. The summed E-state index contributed by atoms with van der Waals surface area (Å²) in [5.41, 5.74) is 0.952. The van der Waals surface area contributed by atoms with Crippen molar-refractivity contribution in [1.29, 1.82) is 0 Å². The molecule has 0 atom stereocenters. The molecule has 0 N–H and O–H groups in total. The first-order valence-electron chi connectivity index (χ1n) is 6.09. The Morgan fingerprint density at radius 3 is 2.48 bits per heavy atom. The molecule has 21 heavy (non-hydrogen) atoms. The summed E-state index contributed by atoms with van der Waals surface area (Å²) in [6.45, 7) is 0.131. The third-order valence-electron chi connectivity index (χ3n) is 2.98. The van der Waals surface area contributed by atoms with Crippen LogP contribution < -0.4 is 4.90 Å². The molecule has 0 unspecified atom stereocenters. The van der Waals surface area contributed by atoms with Crippen LogP contribution in [0.1, 0.15) is 0 Å². The van der Waals surface area contributed by atoms with Crippen LogP contribution in [0.25, 0.3) is 0 Å². The third-order valence-corrected chi connectivity index (χ3v) is 3.65. The largest absolute Gasteiger partial charge is 0.466 e. The van der Waals surface area contributed by atoms with Crippen molar-refractivity contribution in [3.63, 3.8) is 0 Å². The summed E-state index contributed by atoms with van der Waals surface area (Å²) in [6, 6.07) is 7.30. The smallest absolute Gasteiger partial charge is 0.355 e. The lowest BCUT2D eigenvalue weighted by molar-refractivity contribution is -0.140. The SMILES string of the molecule is COC(=O)C1=C(C(=O)OC)N(c2ccccc2Br)COC1. The van der Waals surface area contributed by atoms with Crippen molar-refractivity contribution in [3.8, 4) is 0 Å². The Morgan fingerprint density at radius 2 is 1.86 bits per heavy atom. The normalized spacial score (nSPS) is 14.9. The number of nitrogens with zero attached hydrogens (tertiary/aromatic N) is 1. The van der Waals surface area contributed by atoms with Gasteiger partial charge in [0.05, 0.1) is 32.1 Å². The van der Waals surface area contributed by atoms with Crippen LogP contribution in [0.15, 0.2) is 40.0 Å². The zero-order chi connectivity index (χ0) is 15.4. The molecular weight excluding hydrogens is 342 g/mol. The number of hydrogen-bond donors (Lipinski definition) is 0.